The van der Waals surface area contributed by atoms with Crippen LogP contribution < -0.4 is 16.0 Å². The molecule has 1 aromatic carbocycles. The maximum atomic E-state index is 12.1. The van der Waals surface area contributed by atoms with Gasteiger partial charge in [0, 0.05) is 17.1 Å². The number of nitrogens with one attached hydrogen (secondary N) is 3. The highest BCUT2D eigenvalue weighted by atomic mass is 35.6. The van der Waals surface area contributed by atoms with Crippen LogP contribution in [-0.4, -0.2) is 21.0 Å². The van der Waals surface area contributed by atoms with Crippen molar-refractivity contribution in [3.63, 3.8) is 0 Å². The SMILES string of the molecule is CCCCCCCC(=O)NC(NC(=S)Nc1cccc(Cl)c1)C(Cl)(Cl)Cl. The Morgan fingerprint density at radius 2 is 1.85 bits per heavy atom. The highest BCUT2D eigenvalue weighted by molar-refractivity contribution is 7.80. The standard InChI is InChI=1S/C17H23Cl4N3OS/c1-2-3-4-5-6-10-14(25)23-15(17(19,20)21)24-16(26)22-13-9-7-8-12(18)11-13/h7-9,11,15H,2-6,10H2,1H3,(H,23,25)(H2,22,24,26). The molecule has 0 saturated carbocycles. The van der Waals surface area contributed by atoms with Crippen molar-refractivity contribution in [2.75, 3.05) is 5.32 Å². The van der Waals surface area contributed by atoms with Gasteiger partial charge in [0.2, 0.25) is 9.70 Å². The number of carbonyl (C=O) groups is 1. The largest absolute Gasteiger partial charge is 0.339 e. The summed E-state index contributed by atoms with van der Waals surface area (Å²) in [5, 5.41) is 9.19. The number of anilines is 1. The van der Waals surface area contributed by atoms with Crippen LogP contribution >= 0.6 is 58.6 Å². The van der Waals surface area contributed by atoms with Crippen molar-refractivity contribution >= 4 is 75.3 Å². The lowest BCUT2D eigenvalue weighted by atomic mass is 10.1. The molecule has 0 aromatic heterocycles. The van der Waals surface area contributed by atoms with Crippen molar-refractivity contribution in [3.05, 3.63) is 29.3 Å². The van der Waals surface area contributed by atoms with Gasteiger partial charge >= 0.3 is 0 Å². The van der Waals surface area contributed by atoms with Crippen LogP contribution in [0.15, 0.2) is 24.3 Å². The molecule has 0 saturated heterocycles. The minimum absolute atomic E-state index is 0.198. The van der Waals surface area contributed by atoms with Gasteiger partial charge in [-0.3, -0.25) is 4.79 Å². The third-order valence-electron chi connectivity index (χ3n) is 3.50. The molecule has 0 bridgehead atoms. The Balaban J connectivity index is 2.53. The van der Waals surface area contributed by atoms with Gasteiger partial charge < -0.3 is 16.0 Å². The van der Waals surface area contributed by atoms with E-state index in [-0.39, 0.29) is 11.0 Å². The molecule has 0 heterocycles. The van der Waals surface area contributed by atoms with E-state index in [1.165, 1.54) is 6.42 Å². The van der Waals surface area contributed by atoms with Gasteiger partial charge in [0.25, 0.3) is 0 Å². The molecule has 146 valence electrons. The summed E-state index contributed by atoms with van der Waals surface area (Å²) in [6.45, 7) is 2.14. The van der Waals surface area contributed by atoms with Gasteiger partial charge in [-0.1, -0.05) is 85.1 Å². The Labute approximate surface area is 180 Å². The van der Waals surface area contributed by atoms with Crippen LogP contribution in [-0.2, 0) is 4.79 Å². The van der Waals surface area contributed by atoms with Crippen LogP contribution in [0, 0.1) is 0 Å². The maximum absolute atomic E-state index is 12.1. The van der Waals surface area contributed by atoms with E-state index < -0.39 is 9.96 Å². The van der Waals surface area contributed by atoms with Gasteiger partial charge in [0.05, 0.1) is 0 Å². The second kappa shape index (κ2) is 12.1. The molecule has 0 spiro atoms. The van der Waals surface area contributed by atoms with Gasteiger partial charge in [-0.15, -0.1) is 0 Å². The summed E-state index contributed by atoms with van der Waals surface area (Å²) >= 11 is 29.0. The lowest BCUT2D eigenvalue weighted by Gasteiger charge is -2.27. The molecule has 1 rings (SSSR count). The van der Waals surface area contributed by atoms with E-state index in [0.29, 0.717) is 17.1 Å². The van der Waals surface area contributed by atoms with Crippen molar-refractivity contribution in [3.8, 4) is 0 Å². The Kier molecular flexibility index (Phi) is 11.0. The molecule has 0 aliphatic rings. The van der Waals surface area contributed by atoms with Crippen molar-refractivity contribution in [2.45, 2.75) is 55.4 Å². The monoisotopic (exact) mass is 457 g/mol. The number of rotatable bonds is 9. The summed E-state index contributed by atoms with van der Waals surface area (Å²) in [4.78, 5) is 12.1. The normalized spacial score (nSPS) is 12.3. The van der Waals surface area contributed by atoms with Crippen molar-refractivity contribution < 1.29 is 4.79 Å². The number of hydrogen-bond donors (Lipinski definition) is 3. The van der Waals surface area contributed by atoms with Crippen LogP contribution in [0.3, 0.4) is 0 Å². The van der Waals surface area contributed by atoms with Gasteiger partial charge in [0.1, 0.15) is 6.17 Å². The molecule has 26 heavy (non-hydrogen) atoms. The number of amides is 1. The molecule has 9 heteroatoms. The quantitative estimate of drug-likeness (QED) is 0.189. The molecule has 0 fully saturated rings. The zero-order valence-electron chi connectivity index (χ0n) is 14.5. The van der Waals surface area contributed by atoms with Crippen molar-refractivity contribution in [2.24, 2.45) is 0 Å². The van der Waals surface area contributed by atoms with Crippen LogP contribution in [0.25, 0.3) is 0 Å². The predicted octanol–water partition coefficient (Wildman–Crippen LogP) is 5.80. The zero-order chi connectivity index (χ0) is 19.6. The van der Waals surface area contributed by atoms with Gasteiger partial charge in [-0.2, -0.15) is 0 Å². The lowest BCUT2D eigenvalue weighted by Crippen LogP contribution is -2.56. The molecular weight excluding hydrogens is 436 g/mol. The third kappa shape index (κ3) is 10.0. The third-order valence-corrected chi connectivity index (χ3v) is 4.61. The number of alkyl halides is 3. The molecule has 1 atom stereocenters. The number of benzene rings is 1. The molecule has 1 aromatic rings. The molecule has 4 nitrogen and oxygen atoms in total. The fraction of sp³-hybridized carbons (Fsp3) is 0.529. The molecule has 1 unspecified atom stereocenters. The lowest BCUT2D eigenvalue weighted by molar-refractivity contribution is -0.122. The number of thiocarbonyl (C=S) groups is 1. The first-order valence-electron chi connectivity index (χ1n) is 8.41. The summed E-state index contributed by atoms with van der Waals surface area (Å²) in [6, 6.07) is 7.02. The van der Waals surface area contributed by atoms with Crippen molar-refractivity contribution in [1.29, 1.82) is 0 Å². The average Bonchev–Trinajstić information content (AvgIpc) is 2.53. The van der Waals surface area contributed by atoms with Gasteiger partial charge in [0.15, 0.2) is 5.11 Å². The van der Waals surface area contributed by atoms with E-state index in [1.54, 1.807) is 24.3 Å². The highest BCUT2D eigenvalue weighted by Crippen LogP contribution is 2.29. The second-order valence-corrected chi connectivity index (χ2v) is 9.03. The van der Waals surface area contributed by atoms with Crippen LogP contribution in [0.1, 0.15) is 45.4 Å². The maximum Gasteiger partial charge on any atom is 0.228 e. The van der Waals surface area contributed by atoms with E-state index in [2.05, 4.69) is 22.9 Å². The Morgan fingerprint density at radius 3 is 2.46 bits per heavy atom. The predicted molar refractivity (Wildman–Crippen MR) is 116 cm³/mol. The molecular formula is C17H23Cl4N3OS. The van der Waals surface area contributed by atoms with Gasteiger partial charge in [-0.05, 0) is 36.8 Å². The molecule has 1 amide bonds. The van der Waals surface area contributed by atoms with Gasteiger partial charge in [-0.25, -0.2) is 0 Å². The summed E-state index contributed by atoms with van der Waals surface area (Å²) < 4.78 is -1.77. The molecule has 3 N–H and O–H groups in total. The minimum Gasteiger partial charge on any atom is -0.339 e. The molecule has 0 aliphatic carbocycles. The Bertz CT molecular complexity index is 596. The van der Waals surface area contributed by atoms with E-state index in [0.717, 1.165) is 25.7 Å². The Morgan fingerprint density at radius 1 is 1.15 bits per heavy atom. The smallest absolute Gasteiger partial charge is 0.228 e. The Hall–Kier alpha value is -0.460. The van der Waals surface area contributed by atoms with Crippen LogP contribution in [0.2, 0.25) is 5.02 Å². The number of halogens is 4. The average molecular weight is 459 g/mol. The number of unbranched alkanes of at least 4 members (excludes halogenated alkanes) is 4. The van der Waals surface area contributed by atoms with E-state index in [9.17, 15) is 4.79 Å². The first-order chi connectivity index (χ1) is 12.2. The molecule has 0 radical (unpaired) electrons. The topological polar surface area (TPSA) is 53.2 Å². The van der Waals surface area contributed by atoms with Crippen LogP contribution in [0.5, 0.6) is 0 Å². The van der Waals surface area contributed by atoms with E-state index >= 15 is 0 Å². The molecule has 0 aliphatic heterocycles. The summed E-state index contributed by atoms with van der Waals surface area (Å²) in [6.07, 6.45) is 4.65. The first kappa shape index (κ1) is 23.6. The minimum atomic E-state index is -1.77. The summed E-state index contributed by atoms with van der Waals surface area (Å²) in [5.74, 6) is -0.198. The second-order valence-electron chi connectivity index (χ2n) is 5.82. The fourth-order valence-electron chi connectivity index (χ4n) is 2.19. The summed E-state index contributed by atoms with van der Waals surface area (Å²) in [5.41, 5.74) is 0.681. The van der Waals surface area contributed by atoms with Crippen LogP contribution in [0.4, 0.5) is 5.69 Å². The van der Waals surface area contributed by atoms with E-state index in [1.807, 2.05) is 0 Å². The number of hydrogen-bond acceptors (Lipinski definition) is 2. The number of carbonyl (C=O) groups excluding carboxylic acids is 1. The fourth-order valence-corrected chi connectivity index (χ4v) is 2.94. The zero-order valence-corrected chi connectivity index (χ0v) is 18.3. The summed E-state index contributed by atoms with van der Waals surface area (Å²) in [7, 11) is 0. The first-order valence-corrected chi connectivity index (χ1v) is 10.3. The van der Waals surface area contributed by atoms with E-state index in [4.69, 9.17) is 58.6 Å². The van der Waals surface area contributed by atoms with Crippen molar-refractivity contribution in [1.82, 2.24) is 10.6 Å². The highest BCUT2D eigenvalue weighted by Gasteiger charge is 2.34.